The lowest BCUT2D eigenvalue weighted by molar-refractivity contribution is 0.0604. The second-order valence-corrected chi connectivity index (χ2v) is 4.23. The number of nitrogen functional groups attached to an aromatic ring is 1. The molecule has 0 unspecified atom stereocenters. The van der Waals surface area contributed by atoms with Gasteiger partial charge in [0.15, 0.2) is 0 Å². The first-order valence-electron chi connectivity index (χ1n) is 4.29. The minimum atomic E-state index is -0.416. The van der Waals surface area contributed by atoms with Crippen LogP contribution in [0.2, 0.25) is 0 Å². The summed E-state index contributed by atoms with van der Waals surface area (Å²) in [6.45, 7) is 0. The number of H-pyrrole nitrogens is 1. The lowest BCUT2D eigenvalue weighted by Crippen LogP contribution is -2.03. The largest absolute Gasteiger partial charge is 0.465 e. The van der Waals surface area contributed by atoms with Gasteiger partial charge in [-0.2, -0.15) is 0 Å². The van der Waals surface area contributed by atoms with Gasteiger partial charge in [-0.05, 0) is 28.7 Å². The smallest absolute Gasteiger partial charge is 0.342 e. The number of anilines is 1. The van der Waals surface area contributed by atoms with Gasteiger partial charge in [-0.15, -0.1) is 0 Å². The van der Waals surface area contributed by atoms with Crippen molar-refractivity contribution in [2.75, 3.05) is 12.8 Å². The molecule has 2 aromatic rings. The lowest BCUT2D eigenvalue weighted by atomic mass is 10.1. The van der Waals surface area contributed by atoms with Crippen molar-refractivity contribution in [1.82, 2.24) is 4.98 Å². The van der Waals surface area contributed by atoms with Crippen molar-refractivity contribution in [2.24, 2.45) is 0 Å². The number of nitrogens with one attached hydrogen (secondary N) is 1. The number of aromatic nitrogens is 1. The molecule has 2 rings (SSSR count). The van der Waals surface area contributed by atoms with E-state index >= 15 is 0 Å². The highest BCUT2D eigenvalue weighted by Gasteiger charge is 2.17. The molecular weight excluding hydrogens is 307 g/mol. The first kappa shape index (κ1) is 10.3. The number of methoxy groups -OCH3 is 1. The molecular formula is C10H9IN2O2. The molecule has 1 aromatic carbocycles. The molecule has 3 N–H and O–H groups in total. The third-order valence-corrected chi connectivity index (χ3v) is 3.10. The van der Waals surface area contributed by atoms with Crippen LogP contribution in [0.1, 0.15) is 10.4 Å². The van der Waals surface area contributed by atoms with E-state index in [1.165, 1.54) is 7.11 Å². The summed E-state index contributed by atoms with van der Waals surface area (Å²) >= 11 is 2.18. The number of halogens is 1. The maximum absolute atomic E-state index is 11.5. The first-order valence-corrected chi connectivity index (χ1v) is 5.37. The lowest BCUT2D eigenvalue weighted by Gasteiger charge is -1.98. The molecule has 0 saturated heterocycles. The minimum absolute atomic E-state index is 0.348. The standard InChI is InChI=1S/C10H9IN2O2/c1-15-10(14)7-5-3-2-4-6(11)8(5)13-9(7)12/h2-4,13H,12H2,1H3. The quantitative estimate of drug-likeness (QED) is 0.626. The Morgan fingerprint density at radius 2 is 2.27 bits per heavy atom. The van der Waals surface area contributed by atoms with Crippen molar-refractivity contribution in [3.05, 3.63) is 27.3 Å². The predicted octanol–water partition coefficient (Wildman–Crippen LogP) is 2.14. The average Bonchev–Trinajstić information content (AvgIpc) is 2.55. The van der Waals surface area contributed by atoms with Crippen LogP contribution in [-0.4, -0.2) is 18.1 Å². The Hall–Kier alpha value is -1.24. The van der Waals surface area contributed by atoms with Crippen LogP contribution < -0.4 is 5.73 Å². The van der Waals surface area contributed by atoms with Gasteiger partial charge in [0.05, 0.1) is 12.6 Å². The van der Waals surface area contributed by atoms with E-state index in [0.717, 1.165) is 14.5 Å². The van der Waals surface area contributed by atoms with Gasteiger partial charge in [-0.1, -0.05) is 12.1 Å². The van der Waals surface area contributed by atoms with Gasteiger partial charge in [-0.25, -0.2) is 4.79 Å². The second-order valence-electron chi connectivity index (χ2n) is 3.07. The third kappa shape index (κ3) is 1.56. The normalized spacial score (nSPS) is 10.5. The summed E-state index contributed by atoms with van der Waals surface area (Å²) in [4.78, 5) is 14.5. The highest BCUT2D eigenvalue weighted by atomic mass is 127. The Morgan fingerprint density at radius 3 is 2.93 bits per heavy atom. The summed E-state index contributed by atoms with van der Waals surface area (Å²) in [7, 11) is 1.34. The molecule has 0 atom stereocenters. The maximum atomic E-state index is 11.5. The number of carbonyl (C=O) groups is 1. The first-order chi connectivity index (χ1) is 7.15. The second kappa shape index (κ2) is 3.73. The van der Waals surface area contributed by atoms with Crippen LogP contribution in [0.3, 0.4) is 0 Å². The van der Waals surface area contributed by atoms with Crippen molar-refractivity contribution >= 4 is 45.3 Å². The van der Waals surface area contributed by atoms with Gasteiger partial charge in [0, 0.05) is 8.96 Å². The topological polar surface area (TPSA) is 68.1 Å². The Kier molecular flexibility index (Phi) is 2.56. The zero-order valence-electron chi connectivity index (χ0n) is 8.00. The molecule has 5 heteroatoms. The SMILES string of the molecule is COC(=O)c1c(N)[nH]c2c(I)cccc12. The number of hydrogen-bond acceptors (Lipinski definition) is 3. The molecule has 15 heavy (non-hydrogen) atoms. The summed E-state index contributed by atoms with van der Waals surface area (Å²) in [5.41, 5.74) is 7.02. The van der Waals surface area contributed by atoms with Crippen LogP contribution in [0.25, 0.3) is 10.9 Å². The van der Waals surface area contributed by atoms with E-state index in [1.807, 2.05) is 18.2 Å². The van der Waals surface area contributed by atoms with Crippen LogP contribution in [0.5, 0.6) is 0 Å². The molecule has 0 amide bonds. The maximum Gasteiger partial charge on any atom is 0.342 e. The van der Waals surface area contributed by atoms with Crippen molar-refractivity contribution in [3.8, 4) is 0 Å². The van der Waals surface area contributed by atoms with E-state index in [-0.39, 0.29) is 0 Å². The average molecular weight is 316 g/mol. The number of esters is 1. The Morgan fingerprint density at radius 1 is 1.53 bits per heavy atom. The summed E-state index contributed by atoms with van der Waals surface area (Å²) in [5.74, 6) is -0.0679. The summed E-state index contributed by atoms with van der Waals surface area (Å²) in [6.07, 6.45) is 0. The fourth-order valence-electron chi connectivity index (χ4n) is 1.52. The number of nitrogens with two attached hydrogens (primary N) is 1. The molecule has 0 saturated carbocycles. The van der Waals surface area contributed by atoms with Gasteiger partial charge < -0.3 is 15.5 Å². The Balaban J connectivity index is 2.79. The molecule has 0 spiro atoms. The Labute approximate surface area is 99.9 Å². The molecule has 0 bridgehead atoms. The molecule has 0 fully saturated rings. The minimum Gasteiger partial charge on any atom is -0.465 e. The number of fused-ring (bicyclic) bond motifs is 1. The van der Waals surface area contributed by atoms with E-state index < -0.39 is 5.97 Å². The van der Waals surface area contributed by atoms with Crippen LogP contribution in [0, 0.1) is 3.57 Å². The molecule has 0 aliphatic carbocycles. The fraction of sp³-hybridized carbons (Fsp3) is 0.100. The number of aromatic amines is 1. The van der Waals surface area contributed by atoms with Crippen molar-refractivity contribution in [3.63, 3.8) is 0 Å². The van der Waals surface area contributed by atoms with Crippen molar-refractivity contribution in [2.45, 2.75) is 0 Å². The van der Waals surface area contributed by atoms with E-state index in [1.54, 1.807) is 0 Å². The number of carbonyl (C=O) groups excluding carboxylic acids is 1. The summed E-state index contributed by atoms with van der Waals surface area (Å²) < 4.78 is 5.70. The molecule has 4 nitrogen and oxygen atoms in total. The highest BCUT2D eigenvalue weighted by molar-refractivity contribution is 14.1. The molecule has 1 aromatic heterocycles. The van der Waals surface area contributed by atoms with Crippen LogP contribution >= 0.6 is 22.6 Å². The zero-order chi connectivity index (χ0) is 11.0. The molecule has 78 valence electrons. The number of rotatable bonds is 1. The number of benzene rings is 1. The van der Waals surface area contributed by atoms with E-state index in [9.17, 15) is 4.79 Å². The molecule has 0 aliphatic heterocycles. The van der Waals surface area contributed by atoms with Gasteiger partial charge in [0.1, 0.15) is 11.4 Å². The van der Waals surface area contributed by atoms with E-state index in [0.29, 0.717) is 11.4 Å². The Bertz CT molecular complexity index is 533. The van der Waals surface area contributed by atoms with Crippen LogP contribution in [0.15, 0.2) is 18.2 Å². The summed E-state index contributed by atoms with van der Waals surface area (Å²) in [6, 6.07) is 5.67. The predicted molar refractivity (Wildman–Crippen MR) is 66.8 cm³/mol. The molecule has 1 heterocycles. The third-order valence-electron chi connectivity index (χ3n) is 2.20. The van der Waals surface area contributed by atoms with Gasteiger partial charge in [0.25, 0.3) is 0 Å². The van der Waals surface area contributed by atoms with Crippen LogP contribution in [-0.2, 0) is 4.74 Å². The molecule has 0 aliphatic rings. The van der Waals surface area contributed by atoms with Crippen LogP contribution in [0.4, 0.5) is 5.82 Å². The van der Waals surface area contributed by atoms with Crippen molar-refractivity contribution in [1.29, 1.82) is 0 Å². The highest BCUT2D eigenvalue weighted by Crippen LogP contribution is 2.28. The van der Waals surface area contributed by atoms with Crippen molar-refractivity contribution < 1.29 is 9.53 Å². The molecule has 0 radical (unpaired) electrons. The number of ether oxygens (including phenoxy) is 1. The zero-order valence-corrected chi connectivity index (χ0v) is 10.2. The van der Waals surface area contributed by atoms with E-state index in [2.05, 4.69) is 32.3 Å². The van der Waals surface area contributed by atoms with Gasteiger partial charge in [0.2, 0.25) is 0 Å². The summed E-state index contributed by atoms with van der Waals surface area (Å²) in [5, 5.41) is 0.797. The van der Waals surface area contributed by atoms with Gasteiger partial charge >= 0.3 is 5.97 Å². The van der Waals surface area contributed by atoms with Gasteiger partial charge in [-0.3, -0.25) is 0 Å². The number of hydrogen-bond donors (Lipinski definition) is 2. The number of para-hydroxylation sites is 1. The fourth-order valence-corrected chi connectivity index (χ4v) is 2.16. The van der Waals surface area contributed by atoms with E-state index in [4.69, 9.17) is 5.73 Å². The monoisotopic (exact) mass is 316 g/mol.